The van der Waals surface area contributed by atoms with E-state index in [4.69, 9.17) is 11.6 Å². The molecule has 0 saturated heterocycles. The molecule has 0 amide bonds. The summed E-state index contributed by atoms with van der Waals surface area (Å²) in [5.41, 5.74) is 2.04. The van der Waals surface area contributed by atoms with Crippen LogP contribution in [0.15, 0.2) is 36.7 Å². The second kappa shape index (κ2) is 5.46. The summed E-state index contributed by atoms with van der Waals surface area (Å²) in [6, 6.07) is 6.53. The van der Waals surface area contributed by atoms with Crippen molar-refractivity contribution in [1.29, 1.82) is 0 Å². The van der Waals surface area contributed by atoms with E-state index in [1.165, 1.54) is 6.07 Å². The number of aliphatic hydroxyl groups excluding tert-OH is 1. The number of rotatable bonds is 3. The average Bonchev–Trinajstić information content (AvgIpc) is 2.35. The summed E-state index contributed by atoms with van der Waals surface area (Å²) in [5, 5.41) is 10.2. The van der Waals surface area contributed by atoms with Crippen molar-refractivity contribution in [3.8, 4) is 0 Å². The molecule has 94 valence electrons. The Morgan fingerprint density at radius 1 is 1.39 bits per heavy atom. The molecule has 0 aliphatic rings. The zero-order chi connectivity index (χ0) is 13.1. The van der Waals surface area contributed by atoms with Gasteiger partial charge >= 0.3 is 0 Å². The fourth-order valence-corrected chi connectivity index (χ4v) is 2.08. The highest BCUT2D eigenvalue weighted by atomic mass is 35.5. The van der Waals surface area contributed by atoms with E-state index in [1.807, 2.05) is 6.92 Å². The lowest BCUT2D eigenvalue weighted by atomic mass is 9.99. The van der Waals surface area contributed by atoms with Crippen LogP contribution in [0.25, 0.3) is 0 Å². The van der Waals surface area contributed by atoms with Crippen molar-refractivity contribution in [2.45, 2.75) is 19.4 Å². The zero-order valence-corrected chi connectivity index (χ0v) is 10.7. The number of benzene rings is 1. The van der Waals surface area contributed by atoms with Crippen molar-refractivity contribution in [3.63, 3.8) is 0 Å². The van der Waals surface area contributed by atoms with E-state index < -0.39 is 11.9 Å². The summed E-state index contributed by atoms with van der Waals surface area (Å²) < 4.78 is 13.7. The van der Waals surface area contributed by atoms with E-state index in [1.54, 1.807) is 30.6 Å². The molecule has 0 fully saturated rings. The molecule has 1 unspecified atom stereocenters. The van der Waals surface area contributed by atoms with Gasteiger partial charge in [-0.15, -0.1) is 0 Å². The summed E-state index contributed by atoms with van der Waals surface area (Å²) in [7, 11) is 0. The second-order valence-corrected chi connectivity index (χ2v) is 4.57. The van der Waals surface area contributed by atoms with Crippen LogP contribution in [0, 0.1) is 12.7 Å². The molecule has 2 aromatic rings. The molecular formula is C14H13ClFNO. The fourth-order valence-electron chi connectivity index (χ4n) is 1.88. The van der Waals surface area contributed by atoms with Gasteiger partial charge in [-0.25, -0.2) is 4.39 Å². The number of aryl methyl sites for hydroxylation is 1. The molecule has 1 aromatic carbocycles. The van der Waals surface area contributed by atoms with Gasteiger partial charge in [-0.3, -0.25) is 4.98 Å². The number of halogens is 2. The van der Waals surface area contributed by atoms with Crippen LogP contribution in [0.4, 0.5) is 4.39 Å². The molecule has 1 heterocycles. The molecule has 0 spiro atoms. The van der Waals surface area contributed by atoms with Gasteiger partial charge in [0, 0.05) is 18.8 Å². The van der Waals surface area contributed by atoms with Crippen molar-refractivity contribution in [1.82, 2.24) is 4.98 Å². The first-order valence-corrected chi connectivity index (χ1v) is 5.99. The van der Waals surface area contributed by atoms with Crippen molar-refractivity contribution in [3.05, 3.63) is 64.2 Å². The minimum atomic E-state index is -0.763. The zero-order valence-electron chi connectivity index (χ0n) is 9.90. The van der Waals surface area contributed by atoms with E-state index in [0.717, 1.165) is 11.1 Å². The lowest BCUT2D eigenvalue weighted by Gasteiger charge is -2.14. The molecule has 18 heavy (non-hydrogen) atoms. The Bertz CT molecular complexity index is 559. The topological polar surface area (TPSA) is 33.1 Å². The van der Waals surface area contributed by atoms with Gasteiger partial charge in [-0.1, -0.05) is 23.7 Å². The third-order valence-corrected chi connectivity index (χ3v) is 3.16. The molecule has 0 aliphatic carbocycles. The lowest BCUT2D eigenvalue weighted by Crippen LogP contribution is -2.05. The molecule has 2 nitrogen and oxygen atoms in total. The van der Waals surface area contributed by atoms with Crippen LogP contribution in [-0.4, -0.2) is 10.1 Å². The Balaban J connectivity index is 2.24. The normalized spacial score (nSPS) is 12.4. The third kappa shape index (κ3) is 2.68. The molecule has 0 aliphatic heterocycles. The maximum atomic E-state index is 13.7. The van der Waals surface area contributed by atoms with E-state index in [2.05, 4.69) is 4.98 Å². The van der Waals surface area contributed by atoms with Gasteiger partial charge in [-0.2, -0.15) is 0 Å². The van der Waals surface area contributed by atoms with Crippen molar-refractivity contribution in [2.24, 2.45) is 0 Å². The number of aliphatic hydroxyl groups is 1. The smallest absolute Gasteiger partial charge is 0.145 e. The van der Waals surface area contributed by atoms with Gasteiger partial charge in [0.25, 0.3) is 0 Å². The van der Waals surface area contributed by atoms with Crippen LogP contribution in [0.1, 0.15) is 22.8 Å². The molecule has 0 saturated carbocycles. The van der Waals surface area contributed by atoms with Crippen molar-refractivity contribution in [2.75, 3.05) is 0 Å². The Morgan fingerprint density at radius 2 is 2.17 bits per heavy atom. The second-order valence-electron chi connectivity index (χ2n) is 4.17. The van der Waals surface area contributed by atoms with Crippen molar-refractivity contribution < 1.29 is 9.50 Å². The third-order valence-electron chi connectivity index (χ3n) is 2.87. The Labute approximate surface area is 110 Å². The molecule has 2 rings (SSSR count). The Kier molecular flexibility index (Phi) is 3.94. The summed E-state index contributed by atoms with van der Waals surface area (Å²) in [4.78, 5) is 3.96. The Hall–Kier alpha value is -1.45. The maximum Gasteiger partial charge on any atom is 0.145 e. The molecule has 1 N–H and O–H groups in total. The van der Waals surface area contributed by atoms with Crippen LogP contribution >= 0.6 is 11.6 Å². The van der Waals surface area contributed by atoms with Crippen LogP contribution < -0.4 is 0 Å². The first-order chi connectivity index (χ1) is 8.59. The molecule has 0 radical (unpaired) electrons. The van der Waals surface area contributed by atoms with Gasteiger partial charge in [-0.05, 0) is 35.7 Å². The molecule has 1 atom stereocenters. The van der Waals surface area contributed by atoms with Crippen LogP contribution in [0.3, 0.4) is 0 Å². The minimum Gasteiger partial charge on any atom is -0.388 e. The predicted octanol–water partition coefficient (Wildman–Crippen LogP) is 3.46. The van der Waals surface area contributed by atoms with Gasteiger partial charge in [0.15, 0.2) is 0 Å². The number of hydrogen-bond acceptors (Lipinski definition) is 2. The SMILES string of the molecule is Cc1cnccc1C(O)Cc1cccc(Cl)c1F. The average molecular weight is 266 g/mol. The van der Waals surface area contributed by atoms with Crippen molar-refractivity contribution >= 4 is 11.6 Å². The fraction of sp³-hybridized carbons (Fsp3) is 0.214. The first kappa shape index (κ1) is 13.0. The van der Waals surface area contributed by atoms with Gasteiger partial charge in [0.05, 0.1) is 11.1 Å². The number of aromatic nitrogens is 1. The monoisotopic (exact) mass is 265 g/mol. The molecule has 1 aromatic heterocycles. The largest absolute Gasteiger partial charge is 0.388 e. The van der Waals surface area contributed by atoms with E-state index in [9.17, 15) is 9.50 Å². The highest BCUT2D eigenvalue weighted by molar-refractivity contribution is 6.30. The van der Waals surface area contributed by atoms with E-state index >= 15 is 0 Å². The maximum absolute atomic E-state index is 13.7. The summed E-state index contributed by atoms with van der Waals surface area (Å²) >= 11 is 5.71. The quantitative estimate of drug-likeness (QED) is 0.922. The number of hydrogen-bond donors (Lipinski definition) is 1. The summed E-state index contributed by atoms with van der Waals surface area (Å²) in [6.07, 6.45) is 2.71. The highest BCUT2D eigenvalue weighted by Crippen LogP contribution is 2.25. The van der Waals surface area contributed by atoms with Crippen LogP contribution in [0.5, 0.6) is 0 Å². The van der Waals surface area contributed by atoms with Gasteiger partial charge in [0.2, 0.25) is 0 Å². The Morgan fingerprint density at radius 3 is 2.89 bits per heavy atom. The summed E-state index contributed by atoms with van der Waals surface area (Å²) in [5.74, 6) is -0.468. The predicted molar refractivity (Wildman–Crippen MR) is 69.0 cm³/mol. The molecule has 0 bridgehead atoms. The summed E-state index contributed by atoms with van der Waals surface area (Å²) in [6.45, 7) is 1.86. The highest BCUT2D eigenvalue weighted by Gasteiger charge is 2.14. The van der Waals surface area contributed by atoms with E-state index in [-0.39, 0.29) is 11.4 Å². The van der Waals surface area contributed by atoms with Crippen LogP contribution in [-0.2, 0) is 6.42 Å². The standard InChI is InChI=1S/C14H13ClFNO/c1-9-8-17-6-5-11(9)13(18)7-10-3-2-4-12(15)14(10)16/h2-6,8,13,18H,7H2,1H3. The molecular weight excluding hydrogens is 253 g/mol. The minimum absolute atomic E-state index is 0.0751. The number of pyridine rings is 1. The van der Waals surface area contributed by atoms with Gasteiger partial charge in [0.1, 0.15) is 5.82 Å². The van der Waals surface area contributed by atoms with Gasteiger partial charge < -0.3 is 5.11 Å². The lowest BCUT2D eigenvalue weighted by molar-refractivity contribution is 0.176. The first-order valence-electron chi connectivity index (χ1n) is 5.61. The van der Waals surface area contributed by atoms with E-state index in [0.29, 0.717) is 5.56 Å². The van der Waals surface area contributed by atoms with Crippen LogP contribution in [0.2, 0.25) is 5.02 Å². The number of nitrogens with zero attached hydrogens (tertiary/aromatic N) is 1. The molecule has 4 heteroatoms.